The number of likely N-dealkylation sites (tertiary alicyclic amines) is 1. The maximum Gasteiger partial charge on any atom is 0.0707 e. The second-order valence-corrected chi connectivity index (χ2v) is 6.64. The maximum atomic E-state index is 6.18. The molecule has 4 heteroatoms. The molecule has 2 aliphatic rings. The highest BCUT2D eigenvalue weighted by Gasteiger charge is 2.28. The standard InChI is InChI=1S/C16H33N3O/c1-4-9-17-12-15-5-6-16(20-15)13-19(3)14-7-10-18(2)11-8-14/h14-17H,4-13H2,1-3H3. The molecule has 0 aliphatic carbocycles. The predicted molar refractivity (Wildman–Crippen MR) is 84.2 cm³/mol. The monoisotopic (exact) mass is 283 g/mol. The molecule has 2 heterocycles. The summed E-state index contributed by atoms with van der Waals surface area (Å²) in [4.78, 5) is 4.98. The first-order valence-corrected chi connectivity index (χ1v) is 8.44. The number of piperidine rings is 1. The van der Waals surface area contributed by atoms with E-state index in [9.17, 15) is 0 Å². The molecule has 0 aromatic heterocycles. The zero-order valence-corrected chi connectivity index (χ0v) is 13.6. The van der Waals surface area contributed by atoms with Gasteiger partial charge in [0, 0.05) is 19.1 Å². The molecule has 2 atom stereocenters. The van der Waals surface area contributed by atoms with Gasteiger partial charge in [-0.2, -0.15) is 0 Å². The Labute approximate surface area is 124 Å². The van der Waals surface area contributed by atoms with Gasteiger partial charge in [0.1, 0.15) is 0 Å². The Kier molecular flexibility index (Phi) is 6.75. The Morgan fingerprint density at radius 1 is 1.15 bits per heavy atom. The van der Waals surface area contributed by atoms with Crippen LogP contribution >= 0.6 is 0 Å². The first-order valence-electron chi connectivity index (χ1n) is 8.44. The largest absolute Gasteiger partial charge is 0.372 e. The summed E-state index contributed by atoms with van der Waals surface area (Å²) in [5, 5.41) is 3.47. The van der Waals surface area contributed by atoms with Gasteiger partial charge < -0.3 is 19.9 Å². The third-order valence-electron chi connectivity index (χ3n) is 4.80. The van der Waals surface area contributed by atoms with Gasteiger partial charge in [-0.3, -0.25) is 0 Å². The summed E-state index contributed by atoms with van der Waals surface area (Å²) in [6.07, 6.45) is 7.17. The predicted octanol–water partition coefficient (Wildman–Crippen LogP) is 1.56. The minimum absolute atomic E-state index is 0.442. The lowest BCUT2D eigenvalue weighted by molar-refractivity contribution is 0.0146. The fourth-order valence-corrected chi connectivity index (χ4v) is 3.41. The van der Waals surface area contributed by atoms with Crippen LogP contribution in [0.4, 0.5) is 0 Å². The SMILES string of the molecule is CCCNCC1CCC(CN(C)C2CCN(C)CC2)O1. The molecule has 0 radical (unpaired) electrons. The summed E-state index contributed by atoms with van der Waals surface area (Å²) >= 11 is 0. The molecule has 4 nitrogen and oxygen atoms in total. The highest BCUT2D eigenvalue weighted by Crippen LogP contribution is 2.22. The van der Waals surface area contributed by atoms with E-state index in [1.54, 1.807) is 0 Å². The quantitative estimate of drug-likeness (QED) is 0.718. The van der Waals surface area contributed by atoms with Crippen molar-refractivity contribution >= 4 is 0 Å². The van der Waals surface area contributed by atoms with E-state index in [4.69, 9.17) is 4.74 Å². The molecule has 0 saturated carbocycles. The fraction of sp³-hybridized carbons (Fsp3) is 1.00. The van der Waals surface area contributed by atoms with Crippen molar-refractivity contribution in [1.82, 2.24) is 15.1 Å². The number of rotatable bonds is 7. The molecule has 0 aromatic carbocycles. The highest BCUT2D eigenvalue weighted by molar-refractivity contribution is 4.82. The molecule has 2 unspecified atom stereocenters. The molecule has 0 amide bonds. The van der Waals surface area contributed by atoms with Crippen molar-refractivity contribution in [2.24, 2.45) is 0 Å². The lowest BCUT2D eigenvalue weighted by Gasteiger charge is -2.36. The molecule has 0 aromatic rings. The van der Waals surface area contributed by atoms with Crippen LogP contribution in [-0.4, -0.2) is 74.9 Å². The van der Waals surface area contributed by atoms with E-state index in [0.29, 0.717) is 12.2 Å². The van der Waals surface area contributed by atoms with Crippen LogP contribution in [0, 0.1) is 0 Å². The summed E-state index contributed by atoms with van der Waals surface area (Å²) in [6.45, 7) is 7.94. The normalized spacial score (nSPS) is 29.4. The number of likely N-dealkylation sites (N-methyl/N-ethyl adjacent to an activating group) is 1. The van der Waals surface area contributed by atoms with Gasteiger partial charge in [-0.05, 0) is 65.8 Å². The number of nitrogens with zero attached hydrogens (tertiary/aromatic N) is 2. The number of ether oxygens (including phenoxy) is 1. The maximum absolute atomic E-state index is 6.18. The number of hydrogen-bond donors (Lipinski definition) is 1. The summed E-state index contributed by atoms with van der Waals surface area (Å²) < 4.78 is 6.18. The van der Waals surface area contributed by atoms with Crippen molar-refractivity contribution in [2.75, 3.05) is 46.8 Å². The lowest BCUT2D eigenvalue weighted by Crippen LogP contribution is -2.44. The van der Waals surface area contributed by atoms with Crippen LogP contribution in [0.5, 0.6) is 0 Å². The fourth-order valence-electron chi connectivity index (χ4n) is 3.41. The molecule has 0 spiro atoms. The van der Waals surface area contributed by atoms with Crippen LogP contribution in [0.2, 0.25) is 0 Å². The molecule has 1 N–H and O–H groups in total. The molecule has 2 fully saturated rings. The van der Waals surface area contributed by atoms with Gasteiger partial charge in [-0.25, -0.2) is 0 Å². The molecular formula is C16H33N3O. The Bertz CT molecular complexity index is 266. The van der Waals surface area contributed by atoms with Crippen molar-refractivity contribution < 1.29 is 4.74 Å². The Balaban J connectivity index is 1.64. The Morgan fingerprint density at radius 3 is 2.55 bits per heavy atom. The molecule has 118 valence electrons. The number of hydrogen-bond acceptors (Lipinski definition) is 4. The van der Waals surface area contributed by atoms with Gasteiger partial charge in [0.2, 0.25) is 0 Å². The smallest absolute Gasteiger partial charge is 0.0707 e. The topological polar surface area (TPSA) is 27.7 Å². The van der Waals surface area contributed by atoms with Crippen LogP contribution in [-0.2, 0) is 4.74 Å². The van der Waals surface area contributed by atoms with Crippen molar-refractivity contribution in [3.8, 4) is 0 Å². The Morgan fingerprint density at radius 2 is 1.85 bits per heavy atom. The zero-order valence-electron chi connectivity index (χ0n) is 13.6. The molecule has 2 aliphatic heterocycles. The lowest BCUT2D eigenvalue weighted by atomic mass is 10.0. The van der Waals surface area contributed by atoms with Crippen LogP contribution in [0.15, 0.2) is 0 Å². The van der Waals surface area contributed by atoms with E-state index in [0.717, 1.165) is 25.7 Å². The first-order chi connectivity index (χ1) is 9.69. The van der Waals surface area contributed by atoms with Gasteiger partial charge in [-0.1, -0.05) is 6.92 Å². The van der Waals surface area contributed by atoms with Gasteiger partial charge in [0.25, 0.3) is 0 Å². The summed E-state index contributed by atoms with van der Waals surface area (Å²) in [6, 6.07) is 0.757. The molecule has 2 rings (SSSR count). The minimum atomic E-state index is 0.442. The third kappa shape index (κ3) is 4.99. The second kappa shape index (κ2) is 8.32. The van der Waals surface area contributed by atoms with Crippen molar-refractivity contribution in [1.29, 1.82) is 0 Å². The molecule has 2 saturated heterocycles. The zero-order chi connectivity index (χ0) is 14.4. The number of nitrogens with one attached hydrogen (secondary N) is 1. The van der Waals surface area contributed by atoms with E-state index >= 15 is 0 Å². The van der Waals surface area contributed by atoms with Crippen LogP contribution < -0.4 is 5.32 Å². The second-order valence-electron chi connectivity index (χ2n) is 6.64. The molecular weight excluding hydrogens is 250 g/mol. The van der Waals surface area contributed by atoms with Crippen molar-refractivity contribution in [3.63, 3.8) is 0 Å². The van der Waals surface area contributed by atoms with Crippen LogP contribution in [0.1, 0.15) is 39.0 Å². The average molecular weight is 283 g/mol. The van der Waals surface area contributed by atoms with Crippen LogP contribution in [0.25, 0.3) is 0 Å². The minimum Gasteiger partial charge on any atom is -0.372 e. The van der Waals surface area contributed by atoms with Gasteiger partial charge in [-0.15, -0.1) is 0 Å². The first kappa shape index (κ1) is 16.2. The molecule has 20 heavy (non-hydrogen) atoms. The summed E-state index contributed by atoms with van der Waals surface area (Å²) in [5.41, 5.74) is 0. The van der Waals surface area contributed by atoms with E-state index in [1.807, 2.05) is 0 Å². The van der Waals surface area contributed by atoms with Crippen molar-refractivity contribution in [3.05, 3.63) is 0 Å². The highest BCUT2D eigenvalue weighted by atomic mass is 16.5. The van der Waals surface area contributed by atoms with E-state index in [1.165, 1.54) is 45.2 Å². The van der Waals surface area contributed by atoms with Gasteiger partial charge >= 0.3 is 0 Å². The summed E-state index contributed by atoms with van der Waals surface area (Å²) in [5.74, 6) is 0. The van der Waals surface area contributed by atoms with E-state index in [-0.39, 0.29) is 0 Å². The molecule has 0 bridgehead atoms. The van der Waals surface area contributed by atoms with Gasteiger partial charge in [0.05, 0.1) is 12.2 Å². The van der Waals surface area contributed by atoms with Gasteiger partial charge in [0.15, 0.2) is 0 Å². The summed E-state index contributed by atoms with van der Waals surface area (Å²) in [7, 11) is 4.51. The van der Waals surface area contributed by atoms with E-state index in [2.05, 4.69) is 36.1 Å². The van der Waals surface area contributed by atoms with Crippen LogP contribution in [0.3, 0.4) is 0 Å². The third-order valence-corrected chi connectivity index (χ3v) is 4.80. The van der Waals surface area contributed by atoms with E-state index < -0.39 is 0 Å². The Hall–Kier alpha value is -0.160. The average Bonchev–Trinajstić information content (AvgIpc) is 2.87. The van der Waals surface area contributed by atoms with Crippen molar-refractivity contribution in [2.45, 2.75) is 57.3 Å².